The largest absolute Gasteiger partial charge is 0.492 e. The number of nitrogens with zero attached hydrogens (tertiary/aromatic N) is 1. The van der Waals surface area contributed by atoms with Gasteiger partial charge in [0.05, 0.1) is 12.1 Å². The van der Waals surface area contributed by atoms with Crippen molar-refractivity contribution in [2.75, 3.05) is 26.0 Å². The van der Waals surface area contributed by atoms with Gasteiger partial charge in [-0.2, -0.15) is 0 Å². The Bertz CT molecular complexity index is 691. The molecule has 1 atom stereocenters. The summed E-state index contributed by atoms with van der Waals surface area (Å²) in [5.74, 6) is -0.116. The van der Waals surface area contributed by atoms with E-state index in [0.717, 1.165) is 10.7 Å². The molecule has 7 nitrogen and oxygen atoms in total. The third kappa shape index (κ3) is 5.85. The molecule has 0 aromatic heterocycles. The molecule has 1 amide bonds. The molecule has 1 aromatic rings. The Morgan fingerprint density at radius 3 is 2.40 bits per heavy atom. The van der Waals surface area contributed by atoms with E-state index in [2.05, 4.69) is 5.32 Å². The second kappa shape index (κ2) is 9.38. The molecular weight excluding hydrogens is 366 g/mol. The smallest absolute Gasteiger partial charge is 0.246 e. The van der Waals surface area contributed by atoms with Crippen molar-refractivity contribution in [3.63, 3.8) is 0 Å². The molecule has 9 heteroatoms. The normalized spacial score (nSPS) is 13.7. The summed E-state index contributed by atoms with van der Waals surface area (Å²) in [5.41, 5.74) is 5.34. The van der Waals surface area contributed by atoms with Crippen LogP contribution in [0.1, 0.15) is 33.6 Å². The highest BCUT2D eigenvalue weighted by Gasteiger charge is 2.28. The van der Waals surface area contributed by atoms with Gasteiger partial charge >= 0.3 is 0 Å². The molecule has 1 rings (SSSR count). The number of benzene rings is 1. The van der Waals surface area contributed by atoms with Crippen LogP contribution >= 0.6 is 12.4 Å². The van der Waals surface area contributed by atoms with E-state index in [-0.39, 0.29) is 29.0 Å². The van der Waals surface area contributed by atoms with Gasteiger partial charge in [-0.25, -0.2) is 12.7 Å². The minimum absolute atomic E-state index is 0. The number of nitrogens with one attached hydrogen (secondary N) is 1. The number of anilines is 1. The lowest BCUT2D eigenvalue weighted by Crippen LogP contribution is -2.48. The van der Waals surface area contributed by atoms with Crippen LogP contribution in [0.15, 0.2) is 23.1 Å². The van der Waals surface area contributed by atoms with Crippen molar-refractivity contribution < 1.29 is 17.9 Å². The van der Waals surface area contributed by atoms with Gasteiger partial charge in [-0.1, -0.05) is 13.3 Å². The Morgan fingerprint density at radius 1 is 1.32 bits per heavy atom. The van der Waals surface area contributed by atoms with Crippen LogP contribution in [0.5, 0.6) is 5.75 Å². The number of sulfonamides is 1. The van der Waals surface area contributed by atoms with Crippen LogP contribution in [-0.2, 0) is 14.8 Å². The van der Waals surface area contributed by atoms with E-state index < -0.39 is 15.6 Å². The van der Waals surface area contributed by atoms with Gasteiger partial charge in [0.1, 0.15) is 10.6 Å². The van der Waals surface area contributed by atoms with Gasteiger partial charge in [0.15, 0.2) is 0 Å². The summed E-state index contributed by atoms with van der Waals surface area (Å²) in [6.07, 6.45) is 1.29. The zero-order valence-corrected chi connectivity index (χ0v) is 17.0. The summed E-state index contributed by atoms with van der Waals surface area (Å²) in [4.78, 5) is 12.3. The molecule has 0 heterocycles. The number of hydrogen-bond acceptors (Lipinski definition) is 5. The van der Waals surface area contributed by atoms with E-state index in [1.807, 2.05) is 6.92 Å². The predicted octanol–water partition coefficient (Wildman–Crippen LogP) is 2.21. The molecule has 0 saturated carbocycles. The Kier molecular flexibility index (Phi) is 8.87. The van der Waals surface area contributed by atoms with Gasteiger partial charge in [0.25, 0.3) is 0 Å². The Hall–Kier alpha value is -1.35. The van der Waals surface area contributed by atoms with E-state index in [4.69, 9.17) is 10.5 Å². The molecular formula is C16H28ClN3O4S. The summed E-state index contributed by atoms with van der Waals surface area (Å²) in [6.45, 7) is 5.69. The minimum Gasteiger partial charge on any atom is -0.492 e. The molecule has 0 bridgehead atoms. The Morgan fingerprint density at radius 2 is 1.92 bits per heavy atom. The molecule has 0 aliphatic rings. The molecule has 0 aliphatic carbocycles. The van der Waals surface area contributed by atoms with Gasteiger partial charge < -0.3 is 15.8 Å². The van der Waals surface area contributed by atoms with Crippen LogP contribution in [-0.4, -0.2) is 44.9 Å². The number of carbonyl (C=O) groups is 1. The molecule has 0 spiro atoms. The van der Waals surface area contributed by atoms with Crippen molar-refractivity contribution in [1.29, 1.82) is 0 Å². The fourth-order valence-electron chi connectivity index (χ4n) is 2.17. The molecule has 0 aliphatic heterocycles. The molecule has 144 valence electrons. The molecule has 1 aromatic carbocycles. The summed E-state index contributed by atoms with van der Waals surface area (Å²) in [6, 6.07) is 4.52. The highest BCUT2D eigenvalue weighted by atomic mass is 35.5. The fourth-order valence-corrected chi connectivity index (χ4v) is 3.22. The third-order valence-corrected chi connectivity index (χ3v) is 5.38. The van der Waals surface area contributed by atoms with E-state index in [0.29, 0.717) is 18.7 Å². The second-order valence-corrected chi connectivity index (χ2v) is 8.12. The first-order valence-electron chi connectivity index (χ1n) is 7.86. The van der Waals surface area contributed by atoms with Crippen LogP contribution in [0.3, 0.4) is 0 Å². The predicted molar refractivity (Wildman–Crippen MR) is 102 cm³/mol. The highest BCUT2D eigenvalue weighted by Crippen LogP contribution is 2.29. The number of carbonyl (C=O) groups excluding carboxylic acids is 1. The topological polar surface area (TPSA) is 102 Å². The van der Waals surface area contributed by atoms with Crippen molar-refractivity contribution in [3.8, 4) is 5.75 Å². The van der Waals surface area contributed by atoms with Crippen LogP contribution < -0.4 is 15.8 Å². The van der Waals surface area contributed by atoms with E-state index in [1.165, 1.54) is 26.2 Å². The molecule has 0 fully saturated rings. The van der Waals surface area contributed by atoms with Crippen molar-refractivity contribution in [2.45, 2.75) is 44.0 Å². The second-order valence-electron chi connectivity index (χ2n) is 6.00. The van der Waals surface area contributed by atoms with E-state index in [9.17, 15) is 13.2 Å². The standard InChI is InChI=1S/C16H27N3O4S.ClH/c1-6-10-16(3,17)15(20)18-12-8-9-13(23-7-2)14(11-12)24(21,22)19(4)5;/h8-9,11H,6-7,10,17H2,1-5H3,(H,18,20);1H. The van der Waals surface area contributed by atoms with Crippen molar-refractivity contribution in [3.05, 3.63) is 18.2 Å². The number of nitrogens with two attached hydrogens (primary N) is 1. The number of ether oxygens (including phenoxy) is 1. The van der Waals surface area contributed by atoms with Gasteiger partial charge in [-0.05, 0) is 38.5 Å². The zero-order chi connectivity index (χ0) is 18.5. The van der Waals surface area contributed by atoms with Crippen LogP contribution in [0, 0.1) is 0 Å². The molecule has 25 heavy (non-hydrogen) atoms. The Labute approximate surface area is 156 Å². The fraction of sp³-hybridized carbons (Fsp3) is 0.562. The van der Waals surface area contributed by atoms with Crippen LogP contribution in [0.4, 0.5) is 5.69 Å². The first-order chi connectivity index (χ1) is 11.1. The molecule has 3 N–H and O–H groups in total. The summed E-state index contributed by atoms with van der Waals surface area (Å²) >= 11 is 0. The zero-order valence-electron chi connectivity index (χ0n) is 15.3. The third-order valence-electron chi connectivity index (χ3n) is 3.55. The summed E-state index contributed by atoms with van der Waals surface area (Å²) in [7, 11) is -0.830. The lowest BCUT2D eigenvalue weighted by atomic mass is 9.96. The van der Waals surface area contributed by atoms with Crippen LogP contribution in [0.2, 0.25) is 0 Å². The quantitative estimate of drug-likeness (QED) is 0.705. The molecule has 0 radical (unpaired) electrons. The van der Waals surface area contributed by atoms with Crippen molar-refractivity contribution >= 4 is 34.0 Å². The van der Waals surface area contributed by atoms with Gasteiger partial charge in [0, 0.05) is 19.8 Å². The first kappa shape index (κ1) is 23.6. The van der Waals surface area contributed by atoms with Gasteiger partial charge in [-0.15, -0.1) is 12.4 Å². The number of amides is 1. The van der Waals surface area contributed by atoms with Crippen molar-refractivity contribution in [2.24, 2.45) is 5.73 Å². The molecule has 1 unspecified atom stereocenters. The first-order valence-corrected chi connectivity index (χ1v) is 9.30. The van der Waals surface area contributed by atoms with Gasteiger partial charge in [-0.3, -0.25) is 4.79 Å². The highest BCUT2D eigenvalue weighted by molar-refractivity contribution is 7.89. The maximum atomic E-state index is 12.5. The average molecular weight is 394 g/mol. The average Bonchev–Trinajstić information content (AvgIpc) is 2.48. The Balaban J connectivity index is 0.00000576. The number of rotatable bonds is 8. The maximum Gasteiger partial charge on any atom is 0.246 e. The van der Waals surface area contributed by atoms with E-state index in [1.54, 1.807) is 19.9 Å². The number of hydrogen-bond donors (Lipinski definition) is 2. The minimum atomic E-state index is -3.71. The molecule has 0 saturated heterocycles. The summed E-state index contributed by atoms with van der Waals surface area (Å²) < 4.78 is 31.4. The lowest BCUT2D eigenvalue weighted by molar-refractivity contribution is -0.120. The lowest BCUT2D eigenvalue weighted by Gasteiger charge is -2.23. The SMILES string of the molecule is CCCC(C)(N)C(=O)Nc1ccc(OCC)c(S(=O)(=O)N(C)C)c1.Cl. The monoisotopic (exact) mass is 393 g/mol. The maximum absolute atomic E-state index is 12.5. The summed E-state index contributed by atoms with van der Waals surface area (Å²) in [5, 5.41) is 2.69. The van der Waals surface area contributed by atoms with E-state index >= 15 is 0 Å². The number of halogens is 1. The van der Waals surface area contributed by atoms with Crippen LogP contribution in [0.25, 0.3) is 0 Å². The van der Waals surface area contributed by atoms with Gasteiger partial charge in [0.2, 0.25) is 15.9 Å². The van der Waals surface area contributed by atoms with Crippen molar-refractivity contribution in [1.82, 2.24) is 4.31 Å².